The van der Waals surface area contributed by atoms with Crippen molar-refractivity contribution in [2.24, 2.45) is 28.7 Å². The van der Waals surface area contributed by atoms with Gasteiger partial charge in [0.1, 0.15) is 34.5 Å². The topological polar surface area (TPSA) is 411 Å². The van der Waals surface area contributed by atoms with E-state index in [2.05, 4.69) is 67.2 Å². The van der Waals surface area contributed by atoms with E-state index in [0.717, 1.165) is 108 Å². The van der Waals surface area contributed by atoms with Gasteiger partial charge < -0.3 is 52.8 Å². The Labute approximate surface area is 605 Å². The van der Waals surface area contributed by atoms with Crippen molar-refractivity contribution in [3.63, 3.8) is 0 Å². The number of primary amides is 5. The van der Waals surface area contributed by atoms with Crippen LogP contribution in [-0.4, -0.2) is 137 Å². The maximum Gasteiger partial charge on any atom is 0.496 e. The molecule has 13 heterocycles. The first-order chi connectivity index (χ1) is 48.7. The van der Waals surface area contributed by atoms with Crippen LogP contribution in [0.25, 0.3) is 33.4 Å². The fourth-order valence-corrected chi connectivity index (χ4v) is 12.0. The summed E-state index contributed by atoms with van der Waals surface area (Å²) in [5.41, 5.74) is 35.7. The lowest BCUT2D eigenvalue weighted by Gasteiger charge is -2.32. The molecule has 0 aliphatic carbocycles. The fourth-order valence-electron chi connectivity index (χ4n) is 11.6. The lowest BCUT2D eigenvalue weighted by Crippen LogP contribution is -2.42. The second-order valence-corrected chi connectivity index (χ2v) is 28.5. The largest absolute Gasteiger partial charge is 0.496 e. The summed E-state index contributed by atoms with van der Waals surface area (Å²) < 4.78 is 23.8. The number of nitrogens with one attached hydrogen (secondary N) is 1. The maximum absolute atomic E-state index is 12.5. The number of amides is 8. The number of nitrogens with zero attached hydrogens (tertiary/aromatic N) is 11. The molecule has 538 valence electrons. The van der Waals surface area contributed by atoms with Gasteiger partial charge in [0.2, 0.25) is 23.6 Å². The Morgan fingerprint density at radius 3 is 1.23 bits per heavy atom. The SMILES string of the molecule is CC(C)(C)OC(=O)N1CCCc2cc(-c3cnccc3C(N)=O)cnc21.CC(C)(C)OC(=O)N1CCCc2cc(B3OC(C)(C)C(C)(C)O3)cnc21.NC(=O)c1ccncc1-c1cnc2c(c1)CCCN2.NC(=O)c1ccncc1-c1cnc2c(c1)CCCN2C(N)=O.NC(=O)c1ccncc1Br. The number of pyridine rings is 8. The zero-order valence-electron chi connectivity index (χ0n) is 59.3. The van der Waals surface area contributed by atoms with Crippen molar-refractivity contribution >= 4 is 93.6 Å². The zero-order valence-corrected chi connectivity index (χ0v) is 60.9. The van der Waals surface area contributed by atoms with Gasteiger partial charge in [-0.2, -0.15) is 0 Å². The van der Waals surface area contributed by atoms with Crippen molar-refractivity contribution in [1.29, 1.82) is 0 Å². The smallest absolute Gasteiger partial charge is 0.443 e. The van der Waals surface area contributed by atoms with E-state index >= 15 is 0 Å². The molecular formula is C73H85BBrN17O11. The molecule has 13 rings (SSSR count). The Morgan fingerprint density at radius 1 is 0.476 bits per heavy atom. The van der Waals surface area contributed by atoms with Crippen LogP contribution in [0.3, 0.4) is 0 Å². The lowest BCUT2D eigenvalue weighted by atomic mass is 9.79. The van der Waals surface area contributed by atoms with Crippen molar-refractivity contribution in [3.8, 4) is 33.4 Å². The van der Waals surface area contributed by atoms with Crippen LogP contribution in [-0.2, 0) is 44.5 Å². The Morgan fingerprint density at radius 2 is 0.835 bits per heavy atom. The third-order valence-corrected chi connectivity index (χ3v) is 17.9. The van der Waals surface area contributed by atoms with E-state index < -0.39 is 65.3 Å². The molecular weight excluding hydrogens is 1380 g/mol. The van der Waals surface area contributed by atoms with Gasteiger partial charge in [0.05, 0.1) is 33.5 Å². The van der Waals surface area contributed by atoms with E-state index in [-0.39, 0.29) is 6.09 Å². The van der Waals surface area contributed by atoms with Crippen molar-refractivity contribution < 1.29 is 52.3 Å². The van der Waals surface area contributed by atoms with Gasteiger partial charge in [-0.1, -0.05) is 6.07 Å². The van der Waals surface area contributed by atoms with E-state index in [0.29, 0.717) is 74.9 Å². The highest BCUT2D eigenvalue weighted by atomic mass is 79.9. The minimum Gasteiger partial charge on any atom is -0.443 e. The summed E-state index contributed by atoms with van der Waals surface area (Å²) in [6.45, 7) is 21.9. The number of rotatable bonds is 8. The average Bonchev–Trinajstić information content (AvgIpc) is 1.60. The second kappa shape index (κ2) is 32.4. The molecule has 28 nitrogen and oxygen atoms in total. The van der Waals surface area contributed by atoms with Gasteiger partial charge in [-0.25, -0.2) is 34.3 Å². The number of urea groups is 1. The third-order valence-electron chi connectivity index (χ3n) is 17.2. The molecule has 8 amide bonds. The van der Waals surface area contributed by atoms with E-state index in [4.69, 9.17) is 47.5 Å². The summed E-state index contributed by atoms with van der Waals surface area (Å²) in [5, 5.41) is 3.26. The van der Waals surface area contributed by atoms with Gasteiger partial charge in [-0.3, -0.25) is 53.8 Å². The number of aryl methyl sites for hydroxylation is 4. The number of aromatic nitrogens is 8. The lowest BCUT2D eigenvalue weighted by molar-refractivity contribution is 0.00578. The van der Waals surface area contributed by atoms with E-state index in [1.807, 2.05) is 87.4 Å². The molecule has 0 unspecified atom stereocenters. The summed E-state index contributed by atoms with van der Waals surface area (Å²) in [7, 11) is -0.449. The highest BCUT2D eigenvalue weighted by Crippen LogP contribution is 2.38. The molecule has 1 fully saturated rings. The molecule has 8 aromatic rings. The highest BCUT2D eigenvalue weighted by molar-refractivity contribution is 9.10. The van der Waals surface area contributed by atoms with Gasteiger partial charge in [0.15, 0.2) is 0 Å². The Bertz CT molecular complexity index is 4490. The van der Waals surface area contributed by atoms with E-state index in [1.54, 1.807) is 83.6 Å². The number of hydrogen-bond donors (Lipinski definition) is 6. The fraction of sp³-hybridized carbons (Fsp3) is 0.356. The number of anilines is 4. The van der Waals surface area contributed by atoms with Crippen LogP contribution in [0.5, 0.6) is 0 Å². The summed E-state index contributed by atoms with van der Waals surface area (Å²) in [6, 6.07) is 13.8. The summed E-state index contributed by atoms with van der Waals surface area (Å²) in [5.74, 6) is 0.836. The molecule has 5 aliphatic heterocycles. The molecule has 5 aliphatic rings. The van der Waals surface area contributed by atoms with E-state index in [1.165, 1.54) is 35.3 Å². The van der Waals surface area contributed by atoms with Crippen molar-refractivity contribution in [3.05, 3.63) is 172 Å². The van der Waals surface area contributed by atoms with Crippen molar-refractivity contribution in [2.75, 3.05) is 46.2 Å². The van der Waals surface area contributed by atoms with Crippen LogP contribution in [0.15, 0.2) is 127 Å². The van der Waals surface area contributed by atoms with E-state index in [9.17, 15) is 33.6 Å². The summed E-state index contributed by atoms with van der Waals surface area (Å²) in [6.07, 6.45) is 25.5. The molecule has 0 spiro atoms. The molecule has 8 aromatic heterocycles. The quantitative estimate of drug-likeness (QED) is 0.0770. The second-order valence-electron chi connectivity index (χ2n) is 27.7. The van der Waals surface area contributed by atoms with Crippen LogP contribution >= 0.6 is 15.9 Å². The van der Waals surface area contributed by atoms with Gasteiger partial charge in [0, 0.05) is 144 Å². The van der Waals surface area contributed by atoms with Crippen LogP contribution in [0.1, 0.15) is 159 Å². The molecule has 30 heteroatoms. The Balaban J connectivity index is 0.000000153. The number of nitrogens with two attached hydrogens (primary N) is 5. The number of ether oxygens (including phenoxy) is 2. The number of hydrogen-bond acceptors (Lipinski definition) is 20. The Hall–Kier alpha value is -10.8. The van der Waals surface area contributed by atoms with Crippen LogP contribution in [0.4, 0.5) is 37.7 Å². The molecule has 0 aromatic carbocycles. The predicted molar refractivity (Wildman–Crippen MR) is 394 cm³/mol. The first-order valence-electron chi connectivity index (χ1n) is 33.5. The highest BCUT2D eigenvalue weighted by Gasteiger charge is 2.52. The first-order valence-corrected chi connectivity index (χ1v) is 34.2. The van der Waals surface area contributed by atoms with Gasteiger partial charge in [-0.15, -0.1) is 0 Å². The van der Waals surface area contributed by atoms with Gasteiger partial charge in [-0.05, 0) is 201 Å². The average molecular weight is 1470 g/mol. The van der Waals surface area contributed by atoms with Crippen molar-refractivity contribution in [1.82, 2.24) is 39.9 Å². The minimum atomic E-state index is -0.569. The van der Waals surface area contributed by atoms with Gasteiger partial charge >= 0.3 is 25.3 Å². The molecule has 0 bridgehead atoms. The maximum atomic E-state index is 12.5. The Kier molecular flexibility index (Phi) is 24.0. The number of carbonyl (C=O) groups is 7. The molecule has 103 heavy (non-hydrogen) atoms. The zero-order chi connectivity index (χ0) is 74.7. The van der Waals surface area contributed by atoms with Crippen LogP contribution in [0, 0.1) is 0 Å². The monoisotopic (exact) mass is 1470 g/mol. The molecule has 11 N–H and O–H groups in total. The normalized spacial score (nSPS) is 15.2. The molecule has 1 saturated heterocycles. The third kappa shape index (κ3) is 19.0. The molecule has 0 radical (unpaired) electrons. The summed E-state index contributed by atoms with van der Waals surface area (Å²) >= 11 is 3.13. The number of halogens is 1. The first kappa shape index (κ1) is 76.3. The standard InChI is InChI=1S/C19H29BN2O4.C19H22N4O3.C15H15N5O2.C14H14N4O.C6H5BrN2O/c1-17(2,3)24-16(23)22-10-8-9-13-11-14(12-21-15(13)22)20-25-18(4,5)19(6,7)26-20;1-19(2,3)26-18(25)23-8-4-5-12-9-13(10-22-17(12)23)15-11-21-7-6-14(15)16(20)24;16-13(21)11-3-4-18-8-12(11)10-6-9-2-1-5-20(15(17)22)14(9)19-7-10;15-13(19)11-3-5-16-8-12(11)10-6-9-2-1-4-17-14(9)18-7-10;7-5-3-9-2-1-4(5)6(8)10/h11-12H,8-10H2,1-7H3;6-7,9-11H,4-5,8H2,1-3H3,(H2,20,24);3-4,6-8H,1-2,5H2,(H2,16,21)(H2,17,22);3,5-8H,1-2,4H2,(H2,15,19)(H,17,18);1-3H,(H2,8,10). The number of carbonyl (C=O) groups excluding carboxylic acids is 7. The van der Waals surface area contributed by atoms with Crippen LogP contribution < -0.4 is 54.1 Å². The summed E-state index contributed by atoms with van der Waals surface area (Å²) in [4.78, 5) is 120. The molecule has 0 saturated carbocycles. The number of fused-ring (bicyclic) bond motifs is 4. The van der Waals surface area contributed by atoms with Crippen molar-refractivity contribution in [2.45, 2.75) is 143 Å². The predicted octanol–water partition coefficient (Wildman–Crippen LogP) is 9.62. The van der Waals surface area contributed by atoms with Gasteiger partial charge in [0.25, 0.3) is 0 Å². The molecule has 0 atom stereocenters. The minimum absolute atomic E-state index is 0.352. The van der Waals surface area contributed by atoms with Crippen LogP contribution in [0.2, 0.25) is 0 Å².